The molecule has 0 aliphatic rings. The smallest absolute Gasteiger partial charge is 0.272 e. The number of hydrogen-bond acceptors (Lipinski definition) is 9. The van der Waals surface area contributed by atoms with Crippen LogP contribution in [0, 0.1) is 0 Å². The van der Waals surface area contributed by atoms with Crippen LogP contribution in [0.1, 0.15) is 66.8 Å². The molecule has 4 heterocycles. The van der Waals surface area contributed by atoms with E-state index in [9.17, 15) is 33.6 Å². The highest BCUT2D eigenvalue weighted by Gasteiger charge is 2.25. The fraction of sp³-hybridized carbons (Fsp3) is 0.250. The largest absolute Gasteiger partial charge is 0.354 e. The minimum absolute atomic E-state index is 0.189. The maximum Gasteiger partial charge on any atom is 0.272 e. The molecule has 0 aliphatic carbocycles. The standard InChI is InChI=1S/C52H57N13O7/c1-62-28-36(59-50(70)41-20-34(26-63(41)2)57-44(66)24-53)22-40(62)49(69)55-17-6-5-13-39(48(68)56-18-16-32-19-33-11-7-9-30-14-15-31-10-8-12-38(32)47(31)46(30)33)61-52(72)43-23-37(29-65(43)4)60-51(71)42-21-35(27-64(42)3)58-45(67)25-54/h7-12,14-15,19-23,26-29,39H,5-6,13,16-18,24-25,53-54H2,1-4H3,(H,55,69)(H,56,68)(H,57,66)(H,58,67)(H,59,70)(H,60,71)(H,61,72). The number of aromatic nitrogens is 4. The highest BCUT2D eigenvalue weighted by molar-refractivity contribution is 6.23. The SMILES string of the molecule is Cn1cc(NC(=O)c2cc(NC(=O)CN)cn2C)cc1C(=O)NCCCCC(NC(=O)c1cc(NC(=O)c2cc(NC(=O)CN)cn2C)cn1C)C(=O)NCCc1cc2cccc3ccc4cccc1c4c32. The van der Waals surface area contributed by atoms with Crippen LogP contribution in [-0.4, -0.2) is 91.8 Å². The summed E-state index contributed by atoms with van der Waals surface area (Å²) in [5.74, 6) is -3.03. The molecule has 20 heteroatoms. The molecule has 72 heavy (non-hydrogen) atoms. The lowest BCUT2D eigenvalue weighted by atomic mass is 9.90. The van der Waals surface area contributed by atoms with Gasteiger partial charge in [-0.25, -0.2) is 0 Å². The Morgan fingerprint density at radius 1 is 0.500 bits per heavy atom. The first kappa shape index (κ1) is 49.7. The van der Waals surface area contributed by atoms with E-state index in [0.29, 0.717) is 54.3 Å². The molecule has 8 aromatic rings. The number of nitrogens with zero attached hydrogens (tertiary/aromatic N) is 4. The van der Waals surface area contributed by atoms with E-state index in [2.05, 4.69) is 79.7 Å². The number of nitrogens with two attached hydrogens (primary N) is 2. The molecule has 372 valence electrons. The van der Waals surface area contributed by atoms with E-state index in [0.717, 1.165) is 27.1 Å². The Bertz CT molecular complexity index is 3380. The van der Waals surface area contributed by atoms with Crippen molar-refractivity contribution in [3.05, 3.63) is 132 Å². The fourth-order valence-corrected chi connectivity index (χ4v) is 9.00. The number of unbranched alkanes of at least 4 members (excludes halogenated alkanes) is 1. The number of amides is 7. The quantitative estimate of drug-likeness (QED) is 0.0389. The Balaban J connectivity index is 0.911. The van der Waals surface area contributed by atoms with E-state index in [-0.39, 0.29) is 55.0 Å². The fourth-order valence-electron chi connectivity index (χ4n) is 9.00. The Labute approximate surface area is 413 Å². The number of anilines is 4. The van der Waals surface area contributed by atoms with Crippen molar-refractivity contribution in [1.29, 1.82) is 0 Å². The first-order valence-electron chi connectivity index (χ1n) is 23.4. The second kappa shape index (κ2) is 21.5. The second-order valence-electron chi connectivity index (χ2n) is 17.7. The molecule has 4 aromatic heterocycles. The van der Waals surface area contributed by atoms with Gasteiger partial charge in [0.15, 0.2) is 0 Å². The number of carbonyl (C=O) groups excluding carboxylic acids is 7. The maximum absolute atomic E-state index is 14.1. The summed E-state index contributed by atoms with van der Waals surface area (Å²) in [7, 11) is 6.65. The molecular weight excluding hydrogens is 919 g/mol. The van der Waals surface area contributed by atoms with Gasteiger partial charge in [-0.1, -0.05) is 54.6 Å². The predicted molar refractivity (Wildman–Crippen MR) is 277 cm³/mol. The number of rotatable bonds is 20. The van der Waals surface area contributed by atoms with Gasteiger partial charge < -0.3 is 67.0 Å². The molecule has 0 radical (unpaired) electrons. The van der Waals surface area contributed by atoms with Crippen molar-refractivity contribution in [2.75, 3.05) is 47.4 Å². The van der Waals surface area contributed by atoms with Crippen molar-refractivity contribution < 1.29 is 33.6 Å². The zero-order valence-electron chi connectivity index (χ0n) is 40.4. The second-order valence-corrected chi connectivity index (χ2v) is 17.7. The summed E-state index contributed by atoms with van der Waals surface area (Å²) in [5.41, 5.74) is 14.4. The van der Waals surface area contributed by atoms with Gasteiger partial charge in [-0.3, -0.25) is 33.6 Å². The van der Waals surface area contributed by atoms with Gasteiger partial charge in [0, 0.05) is 66.1 Å². The monoisotopic (exact) mass is 975 g/mol. The number of aryl methyl sites for hydroxylation is 4. The van der Waals surface area contributed by atoms with Crippen LogP contribution < -0.4 is 48.7 Å². The molecule has 0 aliphatic heterocycles. The Morgan fingerprint density at radius 2 is 0.972 bits per heavy atom. The third-order valence-electron chi connectivity index (χ3n) is 12.5. The van der Waals surface area contributed by atoms with Crippen molar-refractivity contribution in [3.8, 4) is 0 Å². The van der Waals surface area contributed by atoms with Gasteiger partial charge in [0.2, 0.25) is 17.7 Å². The molecule has 8 rings (SSSR count). The molecule has 1 unspecified atom stereocenters. The average molecular weight is 976 g/mol. The van der Waals surface area contributed by atoms with E-state index in [1.807, 2.05) is 12.1 Å². The lowest BCUT2D eigenvalue weighted by molar-refractivity contribution is -0.123. The van der Waals surface area contributed by atoms with E-state index < -0.39 is 35.6 Å². The van der Waals surface area contributed by atoms with E-state index >= 15 is 0 Å². The third-order valence-corrected chi connectivity index (χ3v) is 12.5. The normalized spacial score (nSPS) is 11.7. The van der Waals surface area contributed by atoms with Gasteiger partial charge in [-0.2, -0.15) is 0 Å². The number of benzene rings is 4. The predicted octanol–water partition coefficient (Wildman–Crippen LogP) is 4.29. The number of carbonyl (C=O) groups is 7. The lowest BCUT2D eigenvalue weighted by Gasteiger charge is -2.19. The van der Waals surface area contributed by atoms with Crippen molar-refractivity contribution in [3.63, 3.8) is 0 Å². The lowest BCUT2D eigenvalue weighted by Crippen LogP contribution is -2.47. The third kappa shape index (κ3) is 11.0. The maximum atomic E-state index is 14.1. The molecular formula is C52H57N13O7. The molecule has 4 aromatic carbocycles. The average Bonchev–Trinajstić information content (AvgIpc) is 4.13. The van der Waals surface area contributed by atoms with Crippen molar-refractivity contribution in [2.45, 2.75) is 31.7 Å². The van der Waals surface area contributed by atoms with Crippen molar-refractivity contribution in [1.82, 2.24) is 34.2 Å². The van der Waals surface area contributed by atoms with Gasteiger partial charge >= 0.3 is 0 Å². The topological polar surface area (TPSA) is 275 Å². The van der Waals surface area contributed by atoms with E-state index in [4.69, 9.17) is 11.5 Å². The molecule has 0 saturated heterocycles. The van der Waals surface area contributed by atoms with Crippen LogP contribution in [0.4, 0.5) is 22.7 Å². The molecule has 1 atom stereocenters. The summed E-state index contributed by atoms with van der Waals surface area (Å²) >= 11 is 0. The molecule has 0 bridgehead atoms. The first-order chi connectivity index (χ1) is 34.6. The summed E-state index contributed by atoms with van der Waals surface area (Å²) in [6.45, 7) is 0.143. The first-order valence-corrected chi connectivity index (χ1v) is 23.4. The Kier molecular flexibility index (Phi) is 14.8. The van der Waals surface area contributed by atoms with Crippen LogP contribution in [0.15, 0.2) is 104 Å². The highest BCUT2D eigenvalue weighted by atomic mass is 16.2. The molecule has 0 spiro atoms. The van der Waals surface area contributed by atoms with Crippen LogP contribution >= 0.6 is 0 Å². The minimum atomic E-state index is -0.957. The van der Waals surface area contributed by atoms with Crippen LogP contribution in [0.25, 0.3) is 32.3 Å². The van der Waals surface area contributed by atoms with Gasteiger partial charge in [0.25, 0.3) is 23.6 Å². The van der Waals surface area contributed by atoms with E-state index in [1.54, 1.807) is 77.3 Å². The molecule has 7 amide bonds. The summed E-state index contributed by atoms with van der Waals surface area (Å²) in [5, 5.41) is 26.6. The molecule has 0 saturated carbocycles. The van der Waals surface area contributed by atoms with Crippen LogP contribution in [0.2, 0.25) is 0 Å². The zero-order chi connectivity index (χ0) is 51.2. The van der Waals surface area contributed by atoms with Gasteiger partial charge in [-0.15, -0.1) is 0 Å². The van der Waals surface area contributed by atoms with Crippen molar-refractivity contribution >= 4 is 96.4 Å². The summed E-state index contributed by atoms with van der Waals surface area (Å²) in [4.78, 5) is 91.3. The van der Waals surface area contributed by atoms with E-state index in [1.165, 1.54) is 29.0 Å². The summed E-state index contributed by atoms with van der Waals surface area (Å²) < 4.78 is 6.25. The Hall–Kier alpha value is -8.75. The van der Waals surface area contributed by atoms with Crippen LogP contribution in [-0.2, 0) is 49.0 Å². The van der Waals surface area contributed by atoms with Crippen LogP contribution in [0.5, 0.6) is 0 Å². The van der Waals surface area contributed by atoms with Gasteiger partial charge in [0.05, 0.1) is 35.8 Å². The Morgan fingerprint density at radius 3 is 1.51 bits per heavy atom. The van der Waals surface area contributed by atoms with Crippen molar-refractivity contribution in [2.24, 2.45) is 39.7 Å². The summed E-state index contributed by atoms with van der Waals surface area (Å²) in [6, 6.07) is 24.1. The molecule has 20 nitrogen and oxygen atoms in total. The highest BCUT2D eigenvalue weighted by Crippen LogP contribution is 2.36. The summed E-state index contributed by atoms with van der Waals surface area (Å²) in [6.07, 6.45) is 8.06. The zero-order valence-corrected chi connectivity index (χ0v) is 40.4. The molecule has 11 N–H and O–H groups in total. The van der Waals surface area contributed by atoms with Gasteiger partial charge in [0.1, 0.15) is 28.8 Å². The number of nitrogens with one attached hydrogen (secondary N) is 7. The number of hydrogen-bond donors (Lipinski definition) is 9. The minimum Gasteiger partial charge on any atom is -0.354 e. The van der Waals surface area contributed by atoms with Gasteiger partial charge in [-0.05, 0) is 87.8 Å². The molecule has 0 fully saturated rings. The van der Waals surface area contributed by atoms with Crippen LogP contribution in [0.3, 0.4) is 0 Å².